The van der Waals surface area contributed by atoms with E-state index in [9.17, 15) is 9.59 Å². The topological polar surface area (TPSA) is 99.0 Å². The van der Waals surface area contributed by atoms with E-state index in [1.165, 1.54) is 27.2 Å². The van der Waals surface area contributed by atoms with Crippen LogP contribution in [0.2, 0.25) is 5.02 Å². The zero-order valence-electron chi connectivity index (χ0n) is 18.9. The van der Waals surface area contributed by atoms with Gasteiger partial charge in [0.15, 0.2) is 5.78 Å². The lowest BCUT2D eigenvalue weighted by atomic mass is 10.2. The van der Waals surface area contributed by atoms with Gasteiger partial charge >= 0.3 is 0 Å². The molecule has 1 unspecified atom stereocenters. The molecule has 178 valence electrons. The lowest BCUT2D eigenvalue weighted by molar-refractivity contribution is -0.126. The van der Waals surface area contributed by atoms with Crippen LogP contribution in [0.1, 0.15) is 20.8 Å². The molecule has 0 aliphatic carbocycles. The molecule has 0 aliphatic heterocycles. The third kappa shape index (κ3) is 6.27. The van der Waals surface area contributed by atoms with Gasteiger partial charge in [-0.05, 0) is 32.9 Å². The number of azo groups is 1. The first-order valence-electron chi connectivity index (χ1n) is 10.00. The molecule has 33 heavy (non-hydrogen) atoms. The molecule has 0 N–H and O–H groups in total. The van der Waals surface area contributed by atoms with E-state index >= 15 is 0 Å². The summed E-state index contributed by atoms with van der Waals surface area (Å²) in [5.41, 5.74) is 0.298. The first kappa shape index (κ1) is 26.2. The molecule has 0 aromatic heterocycles. The summed E-state index contributed by atoms with van der Waals surface area (Å²) in [6, 6.07) is 6.47. The number of nitrogens with zero attached hydrogens (tertiary/aromatic N) is 3. The minimum absolute atomic E-state index is 0.130. The van der Waals surface area contributed by atoms with Gasteiger partial charge in [0.2, 0.25) is 6.04 Å². The van der Waals surface area contributed by atoms with Crippen LogP contribution in [0.15, 0.2) is 40.6 Å². The molecule has 2 aromatic rings. The van der Waals surface area contributed by atoms with Gasteiger partial charge in [0.25, 0.3) is 5.91 Å². The maximum atomic E-state index is 13.1. The van der Waals surface area contributed by atoms with Crippen molar-refractivity contribution in [1.82, 2.24) is 0 Å². The molecule has 0 saturated carbocycles. The summed E-state index contributed by atoms with van der Waals surface area (Å²) in [7, 11) is 2.83. The molecule has 9 nitrogen and oxygen atoms in total. The van der Waals surface area contributed by atoms with Crippen molar-refractivity contribution in [1.29, 1.82) is 0 Å². The second-order valence-corrected chi connectivity index (χ2v) is 7.20. The predicted molar refractivity (Wildman–Crippen MR) is 126 cm³/mol. The number of carbonyl (C=O) groups is 2. The van der Waals surface area contributed by atoms with Gasteiger partial charge in [-0.2, -0.15) is 10.2 Å². The zero-order chi connectivity index (χ0) is 24.5. The fraction of sp³-hybridized carbons (Fsp3) is 0.364. The Balaban J connectivity index is 2.45. The van der Waals surface area contributed by atoms with Crippen LogP contribution in [0.5, 0.6) is 23.0 Å². The first-order chi connectivity index (χ1) is 15.8. The van der Waals surface area contributed by atoms with Gasteiger partial charge in [0.05, 0.1) is 27.4 Å². The number of anilines is 1. The molecule has 0 heterocycles. The summed E-state index contributed by atoms with van der Waals surface area (Å²) in [4.78, 5) is 25.4. The number of rotatable bonds is 11. The number of Topliss-reactive ketones (excluding diaryl/α,β-unsaturated/α-hetero) is 1. The van der Waals surface area contributed by atoms with E-state index in [0.717, 1.165) is 4.42 Å². The number of ketones is 1. The summed E-state index contributed by atoms with van der Waals surface area (Å²) in [5.74, 6) is -0.107. The average molecular weight is 498 g/mol. The molecular formula is C22H25Cl2N3O6. The van der Waals surface area contributed by atoms with E-state index in [1.807, 2.05) is 6.92 Å². The van der Waals surface area contributed by atoms with Gasteiger partial charge in [-0.15, -0.1) is 0 Å². The smallest absolute Gasteiger partial charge is 0.276 e. The van der Waals surface area contributed by atoms with E-state index in [2.05, 4.69) is 10.2 Å². The number of carbonyl (C=O) groups excluding carboxylic acids is 2. The summed E-state index contributed by atoms with van der Waals surface area (Å²) in [5, 5.41) is 8.14. The van der Waals surface area contributed by atoms with E-state index in [4.69, 9.17) is 42.3 Å². The van der Waals surface area contributed by atoms with Gasteiger partial charge in [-0.1, -0.05) is 17.7 Å². The lowest BCUT2D eigenvalue weighted by Gasteiger charge is -2.21. The van der Waals surface area contributed by atoms with Crippen molar-refractivity contribution in [2.75, 3.05) is 31.9 Å². The van der Waals surface area contributed by atoms with Crippen molar-refractivity contribution >= 4 is 46.4 Å². The predicted octanol–water partition coefficient (Wildman–Crippen LogP) is 5.38. The third-order valence-corrected chi connectivity index (χ3v) is 5.01. The fourth-order valence-electron chi connectivity index (χ4n) is 2.81. The maximum absolute atomic E-state index is 13.1. The normalized spacial score (nSPS) is 11.7. The Morgan fingerprint density at radius 2 is 1.64 bits per heavy atom. The van der Waals surface area contributed by atoms with Crippen LogP contribution in [-0.2, 0) is 9.59 Å². The van der Waals surface area contributed by atoms with Crippen molar-refractivity contribution in [3.05, 3.63) is 35.4 Å². The SMILES string of the molecule is CCOc1cc(N=NC(C(C)=O)C(=O)N(Cl)c2c(OC)cccc2OC)c(Cl)c(OCC)c1. The summed E-state index contributed by atoms with van der Waals surface area (Å²) >= 11 is 12.7. The summed E-state index contributed by atoms with van der Waals surface area (Å²) in [6.07, 6.45) is 0. The highest BCUT2D eigenvalue weighted by molar-refractivity contribution is 6.40. The molecular weight excluding hydrogens is 473 g/mol. The Bertz CT molecular complexity index is 1010. The van der Waals surface area contributed by atoms with Crippen LogP contribution >= 0.6 is 23.4 Å². The molecule has 2 aromatic carbocycles. The fourth-order valence-corrected chi connectivity index (χ4v) is 3.27. The van der Waals surface area contributed by atoms with Crippen LogP contribution in [-0.4, -0.2) is 45.2 Å². The molecule has 0 spiro atoms. The minimum atomic E-state index is -1.54. The number of para-hydroxylation sites is 1. The number of hydrogen-bond acceptors (Lipinski definition) is 8. The number of hydrogen-bond donors (Lipinski definition) is 0. The molecule has 0 bridgehead atoms. The number of benzene rings is 2. The number of halogens is 2. The van der Waals surface area contributed by atoms with E-state index in [-0.39, 0.29) is 27.9 Å². The van der Waals surface area contributed by atoms with Gasteiger partial charge in [0, 0.05) is 23.9 Å². The monoisotopic (exact) mass is 497 g/mol. The number of methoxy groups -OCH3 is 2. The van der Waals surface area contributed by atoms with E-state index in [0.29, 0.717) is 24.7 Å². The average Bonchev–Trinajstić information content (AvgIpc) is 2.80. The quantitative estimate of drug-likeness (QED) is 0.234. The minimum Gasteiger partial charge on any atom is -0.494 e. The van der Waals surface area contributed by atoms with E-state index < -0.39 is 17.7 Å². The van der Waals surface area contributed by atoms with Crippen molar-refractivity contribution < 1.29 is 28.5 Å². The summed E-state index contributed by atoms with van der Waals surface area (Å²) in [6.45, 7) is 5.59. The van der Waals surface area contributed by atoms with Crippen LogP contribution < -0.4 is 23.4 Å². The Hall–Kier alpha value is -3.04. The van der Waals surface area contributed by atoms with Gasteiger partial charge in [0.1, 0.15) is 39.4 Å². The Labute approximate surface area is 202 Å². The molecule has 0 radical (unpaired) electrons. The lowest BCUT2D eigenvalue weighted by Crippen LogP contribution is -2.36. The van der Waals surface area contributed by atoms with Crippen molar-refractivity contribution in [2.45, 2.75) is 26.8 Å². The molecule has 11 heteroatoms. The third-order valence-electron chi connectivity index (χ3n) is 4.30. The Morgan fingerprint density at radius 3 is 2.15 bits per heavy atom. The Kier molecular flexibility index (Phi) is 9.74. The van der Waals surface area contributed by atoms with Crippen LogP contribution in [0, 0.1) is 0 Å². The molecule has 0 saturated heterocycles. The van der Waals surface area contributed by atoms with Gasteiger partial charge in [-0.25, -0.2) is 4.42 Å². The van der Waals surface area contributed by atoms with Crippen molar-refractivity contribution in [3.63, 3.8) is 0 Å². The second-order valence-electron chi connectivity index (χ2n) is 6.48. The highest BCUT2D eigenvalue weighted by Crippen LogP contribution is 2.40. The Morgan fingerprint density at radius 1 is 1.03 bits per heavy atom. The largest absolute Gasteiger partial charge is 0.494 e. The van der Waals surface area contributed by atoms with Crippen molar-refractivity contribution in [3.8, 4) is 23.0 Å². The molecule has 1 amide bonds. The molecule has 0 aliphatic rings. The summed E-state index contributed by atoms with van der Waals surface area (Å²) < 4.78 is 22.3. The highest BCUT2D eigenvalue weighted by atomic mass is 35.5. The van der Waals surface area contributed by atoms with Crippen LogP contribution in [0.25, 0.3) is 0 Å². The standard InChI is InChI=1S/C22H25Cl2N3O6/c1-6-32-14-11-15(19(23)18(12-14)33-7-2)25-26-20(13(3)28)22(29)27(24)21-16(30-4)9-8-10-17(21)31-5/h8-12,20H,6-7H2,1-5H3. The van der Waals surface area contributed by atoms with Crippen LogP contribution in [0.4, 0.5) is 11.4 Å². The second kappa shape index (κ2) is 12.3. The van der Waals surface area contributed by atoms with Gasteiger partial charge in [-0.3, -0.25) is 9.59 Å². The van der Waals surface area contributed by atoms with Gasteiger partial charge < -0.3 is 18.9 Å². The molecule has 0 fully saturated rings. The van der Waals surface area contributed by atoms with E-state index in [1.54, 1.807) is 31.2 Å². The van der Waals surface area contributed by atoms with Crippen molar-refractivity contribution in [2.24, 2.45) is 10.2 Å². The van der Waals surface area contributed by atoms with Crippen LogP contribution in [0.3, 0.4) is 0 Å². The number of amides is 1. The molecule has 2 rings (SSSR count). The first-order valence-corrected chi connectivity index (χ1v) is 10.7. The maximum Gasteiger partial charge on any atom is 0.276 e. The molecule has 1 atom stereocenters. The zero-order valence-corrected chi connectivity index (χ0v) is 20.4. The number of ether oxygens (including phenoxy) is 4. The highest BCUT2D eigenvalue weighted by Gasteiger charge is 2.32.